The number of esters is 1. The minimum Gasteiger partial charge on any atom is -0.493 e. The third-order valence-corrected chi connectivity index (χ3v) is 4.20. The molecule has 0 aromatic heterocycles. The molecule has 150 valence electrons. The summed E-state index contributed by atoms with van der Waals surface area (Å²) in [6, 6.07) is 3.35. The van der Waals surface area contributed by atoms with Gasteiger partial charge in [-0.15, -0.1) is 0 Å². The number of carbonyl (C=O) groups excluding carboxylic acids is 2. The van der Waals surface area contributed by atoms with Crippen molar-refractivity contribution in [3.8, 4) is 17.2 Å². The Hall–Kier alpha value is -2.48. The second kappa shape index (κ2) is 9.45. The molecule has 0 aliphatic carbocycles. The monoisotopic (exact) mass is 381 g/mol. The van der Waals surface area contributed by atoms with E-state index in [1.165, 1.54) is 21.3 Å². The molecule has 0 bridgehead atoms. The fourth-order valence-electron chi connectivity index (χ4n) is 3.07. The first kappa shape index (κ1) is 20.8. The van der Waals surface area contributed by atoms with Crippen LogP contribution in [0.15, 0.2) is 12.1 Å². The van der Waals surface area contributed by atoms with Gasteiger partial charge in [-0.3, -0.25) is 9.59 Å². The van der Waals surface area contributed by atoms with Gasteiger partial charge in [-0.2, -0.15) is 0 Å². The van der Waals surface area contributed by atoms with E-state index >= 15 is 0 Å². The number of hydrogen-bond acceptors (Lipinski definition) is 7. The van der Waals surface area contributed by atoms with E-state index in [4.69, 9.17) is 23.7 Å². The third-order valence-electron chi connectivity index (χ3n) is 4.20. The van der Waals surface area contributed by atoms with Crippen molar-refractivity contribution in [3.05, 3.63) is 17.7 Å². The van der Waals surface area contributed by atoms with Crippen LogP contribution in [0.25, 0.3) is 0 Å². The number of rotatable bonds is 7. The summed E-state index contributed by atoms with van der Waals surface area (Å²) in [7, 11) is 4.51. The molecule has 27 heavy (non-hydrogen) atoms. The van der Waals surface area contributed by atoms with Crippen LogP contribution in [0.1, 0.15) is 19.4 Å². The van der Waals surface area contributed by atoms with E-state index in [0.717, 1.165) is 0 Å². The highest BCUT2D eigenvalue weighted by atomic mass is 16.5. The lowest BCUT2D eigenvalue weighted by Gasteiger charge is -2.35. The number of carbonyl (C=O) groups is 2. The average Bonchev–Trinajstić information content (AvgIpc) is 2.64. The van der Waals surface area contributed by atoms with Crippen molar-refractivity contribution >= 4 is 11.9 Å². The molecule has 1 amide bonds. The number of amides is 1. The molecule has 1 aromatic rings. The molecule has 0 N–H and O–H groups in total. The standard InChI is InChI=1S/C19H27NO7/c1-12-9-20(10-13(2)27-12)17(21)11-26-18(22)8-14-6-15(23-3)19(25-5)16(7-14)24-4/h6-7,12-13H,8-11H2,1-5H3/t12-,13-/m0/s1. The van der Waals surface area contributed by atoms with Crippen molar-refractivity contribution < 1.29 is 33.3 Å². The van der Waals surface area contributed by atoms with Gasteiger partial charge in [0.2, 0.25) is 5.75 Å². The van der Waals surface area contributed by atoms with Crippen LogP contribution in [0.3, 0.4) is 0 Å². The van der Waals surface area contributed by atoms with Gasteiger partial charge in [0.25, 0.3) is 5.91 Å². The molecule has 1 aromatic carbocycles. The fourth-order valence-corrected chi connectivity index (χ4v) is 3.07. The minimum atomic E-state index is -0.507. The van der Waals surface area contributed by atoms with Gasteiger partial charge in [0.15, 0.2) is 18.1 Å². The molecule has 8 nitrogen and oxygen atoms in total. The molecule has 1 saturated heterocycles. The van der Waals surface area contributed by atoms with E-state index in [0.29, 0.717) is 35.9 Å². The predicted octanol–water partition coefficient (Wildman–Crippen LogP) is 1.43. The summed E-state index contributed by atoms with van der Waals surface area (Å²) < 4.78 is 26.5. The molecule has 0 saturated carbocycles. The Kier molecular flexibility index (Phi) is 7.29. The largest absolute Gasteiger partial charge is 0.493 e. The average molecular weight is 381 g/mol. The second-order valence-corrected chi connectivity index (χ2v) is 6.43. The number of benzene rings is 1. The van der Waals surface area contributed by atoms with Crippen molar-refractivity contribution in [2.75, 3.05) is 41.0 Å². The zero-order valence-electron chi connectivity index (χ0n) is 16.4. The van der Waals surface area contributed by atoms with Crippen LogP contribution in [0.5, 0.6) is 17.2 Å². The van der Waals surface area contributed by atoms with E-state index in [-0.39, 0.29) is 31.1 Å². The molecule has 8 heteroatoms. The predicted molar refractivity (Wildman–Crippen MR) is 97.4 cm³/mol. The van der Waals surface area contributed by atoms with Crippen LogP contribution < -0.4 is 14.2 Å². The molecule has 0 unspecified atom stereocenters. The molecular formula is C19H27NO7. The third kappa shape index (κ3) is 5.50. The molecule has 2 atom stereocenters. The lowest BCUT2D eigenvalue weighted by molar-refractivity contribution is -0.156. The van der Waals surface area contributed by atoms with Gasteiger partial charge < -0.3 is 28.6 Å². The number of morpholine rings is 1. The van der Waals surface area contributed by atoms with E-state index in [1.54, 1.807) is 17.0 Å². The Morgan fingerprint density at radius 2 is 1.59 bits per heavy atom. The van der Waals surface area contributed by atoms with E-state index in [9.17, 15) is 9.59 Å². The van der Waals surface area contributed by atoms with Gasteiger partial charge in [-0.05, 0) is 31.5 Å². The Labute approximate surface area is 159 Å². The molecule has 2 rings (SSSR count). The van der Waals surface area contributed by atoms with Gasteiger partial charge in [0.05, 0.1) is 40.0 Å². The summed E-state index contributed by atoms with van der Waals surface area (Å²) in [6.07, 6.45) is -0.0832. The molecule has 0 radical (unpaired) electrons. The molecule has 1 heterocycles. The minimum absolute atomic E-state index is 0.0140. The van der Waals surface area contributed by atoms with Crippen molar-refractivity contribution in [2.24, 2.45) is 0 Å². The quantitative estimate of drug-likeness (QED) is 0.661. The molecule has 1 fully saturated rings. The summed E-state index contributed by atoms with van der Waals surface area (Å²) in [5.74, 6) is 0.615. The summed E-state index contributed by atoms with van der Waals surface area (Å²) in [6.45, 7) is 4.52. The molecule has 0 spiro atoms. The number of nitrogens with zero attached hydrogens (tertiary/aromatic N) is 1. The molecular weight excluding hydrogens is 354 g/mol. The molecule has 1 aliphatic heterocycles. The zero-order chi connectivity index (χ0) is 20.0. The first-order valence-corrected chi connectivity index (χ1v) is 8.75. The summed E-state index contributed by atoms with van der Waals surface area (Å²) in [4.78, 5) is 26.1. The lowest BCUT2D eigenvalue weighted by atomic mass is 10.1. The highest BCUT2D eigenvalue weighted by Gasteiger charge is 2.26. The smallest absolute Gasteiger partial charge is 0.310 e. The van der Waals surface area contributed by atoms with Crippen molar-refractivity contribution in [1.82, 2.24) is 4.90 Å². The van der Waals surface area contributed by atoms with Crippen LogP contribution in [0, 0.1) is 0 Å². The van der Waals surface area contributed by atoms with Crippen molar-refractivity contribution in [3.63, 3.8) is 0 Å². The Balaban J connectivity index is 1.94. The first-order valence-electron chi connectivity index (χ1n) is 8.75. The maximum absolute atomic E-state index is 12.3. The zero-order valence-corrected chi connectivity index (χ0v) is 16.4. The van der Waals surface area contributed by atoms with Gasteiger partial charge in [-0.25, -0.2) is 0 Å². The van der Waals surface area contributed by atoms with Crippen LogP contribution >= 0.6 is 0 Å². The number of methoxy groups -OCH3 is 3. The summed E-state index contributed by atoms with van der Waals surface area (Å²) in [5.41, 5.74) is 0.635. The van der Waals surface area contributed by atoms with E-state index < -0.39 is 5.97 Å². The highest BCUT2D eigenvalue weighted by molar-refractivity contribution is 5.81. The van der Waals surface area contributed by atoms with Crippen LogP contribution in [-0.2, 0) is 25.5 Å². The SMILES string of the molecule is COc1cc(CC(=O)OCC(=O)N2C[C@H](C)O[C@@H](C)C2)cc(OC)c1OC. The van der Waals surface area contributed by atoms with Crippen LogP contribution in [0.4, 0.5) is 0 Å². The Bertz CT molecular complexity index is 641. The highest BCUT2D eigenvalue weighted by Crippen LogP contribution is 2.38. The lowest BCUT2D eigenvalue weighted by Crippen LogP contribution is -2.49. The topological polar surface area (TPSA) is 83.5 Å². The van der Waals surface area contributed by atoms with Crippen LogP contribution in [-0.4, -0.2) is 70.0 Å². The summed E-state index contributed by atoms with van der Waals surface area (Å²) in [5, 5.41) is 0. The fraction of sp³-hybridized carbons (Fsp3) is 0.579. The number of hydrogen-bond donors (Lipinski definition) is 0. The number of ether oxygens (including phenoxy) is 5. The van der Waals surface area contributed by atoms with Gasteiger partial charge in [-0.1, -0.05) is 0 Å². The summed E-state index contributed by atoms with van der Waals surface area (Å²) >= 11 is 0. The molecule has 1 aliphatic rings. The maximum Gasteiger partial charge on any atom is 0.310 e. The van der Waals surface area contributed by atoms with E-state index in [1.807, 2.05) is 13.8 Å². The van der Waals surface area contributed by atoms with E-state index in [2.05, 4.69) is 0 Å². The van der Waals surface area contributed by atoms with Crippen LogP contribution in [0.2, 0.25) is 0 Å². The van der Waals surface area contributed by atoms with Gasteiger partial charge >= 0.3 is 5.97 Å². The van der Waals surface area contributed by atoms with Gasteiger partial charge in [0.1, 0.15) is 0 Å². The Morgan fingerprint density at radius 3 is 2.07 bits per heavy atom. The van der Waals surface area contributed by atoms with Gasteiger partial charge in [0, 0.05) is 13.1 Å². The normalized spacial score (nSPS) is 19.4. The second-order valence-electron chi connectivity index (χ2n) is 6.43. The van der Waals surface area contributed by atoms with Crippen molar-refractivity contribution in [1.29, 1.82) is 0 Å². The first-order chi connectivity index (χ1) is 12.9. The van der Waals surface area contributed by atoms with Crippen molar-refractivity contribution in [2.45, 2.75) is 32.5 Å². The maximum atomic E-state index is 12.3. The Morgan fingerprint density at radius 1 is 1.04 bits per heavy atom.